The molecule has 19 heavy (non-hydrogen) atoms. The summed E-state index contributed by atoms with van der Waals surface area (Å²) >= 11 is 1.21. The van der Waals surface area contributed by atoms with E-state index < -0.39 is 10.7 Å². The van der Waals surface area contributed by atoms with Gasteiger partial charge in [0.25, 0.3) is 0 Å². The number of thioether (sulfide) groups is 1. The molecular weight excluding hydrogens is 262 g/mol. The molecule has 1 aliphatic carbocycles. The quantitative estimate of drug-likeness (QED) is 0.816. The molecule has 0 heterocycles. The van der Waals surface area contributed by atoms with Crippen LogP contribution in [-0.2, 0) is 9.59 Å². The van der Waals surface area contributed by atoms with Crippen molar-refractivity contribution in [2.24, 2.45) is 0 Å². The summed E-state index contributed by atoms with van der Waals surface area (Å²) in [6, 6.07) is 0.361. The Balaban J connectivity index is 2.52. The summed E-state index contributed by atoms with van der Waals surface area (Å²) in [6.45, 7) is 6.01. The van der Waals surface area contributed by atoms with E-state index in [0.29, 0.717) is 6.04 Å². The molecule has 1 N–H and O–H groups in total. The second kappa shape index (κ2) is 7.17. The summed E-state index contributed by atoms with van der Waals surface area (Å²) in [4.78, 5) is 25.2. The predicted octanol–water partition coefficient (Wildman–Crippen LogP) is 2.76. The lowest BCUT2D eigenvalue weighted by molar-refractivity contribution is -0.138. The van der Waals surface area contributed by atoms with E-state index in [1.54, 1.807) is 13.8 Å². The number of hydrogen-bond acceptors (Lipinski definition) is 3. The van der Waals surface area contributed by atoms with Gasteiger partial charge in [-0.15, -0.1) is 11.8 Å². The Morgan fingerprint density at radius 1 is 1.26 bits per heavy atom. The largest absolute Gasteiger partial charge is 0.480 e. The minimum Gasteiger partial charge on any atom is -0.480 e. The normalized spacial score (nSPS) is 17.2. The standard InChI is InChI=1S/C14H25NO3S/c1-4-15(11-8-6-5-7-9-11)12(16)10-19-14(2,3)13(17)18/h11H,4-10H2,1-3H3,(H,17,18). The number of carbonyl (C=O) groups excluding carboxylic acids is 1. The zero-order valence-electron chi connectivity index (χ0n) is 12.1. The molecule has 0 atom stereocenters. The van der Waals surface area contributed by atoms with Crippen LogP contribution in [0.4, 0.5) is 0 Å². The van der Waals surface area contributed by atoms with Crippen LogP contribution >= 0.6 is 11.8 Å². The molecule has 4 nitrogen and oxygen atoms in total. The number of carbonyl (C=O) groups is 2. The molecule has 0 aliphatic heterocycles. The highest BCUT2D eigenvalue weighted by Gasteiger charge is 2.30. The van der Waals surface area contributed by atoms with Crippen LogP contribution in [0.5, 0.6) is 0 Å². The van der Waals surface area contributed by atoms with Gasteiger partial charge in [0.05, 0.1) is 5.75 Å². The van der Waals surface area contributed by atoms with Crippen molar-refractivity contribution in [3.63, 3.8) is 0 Å². The molecule has 1 amide bonds. The number of hydrogen-bond donors (Lipinski definition) is 1. The maximum absolute atomic E-state index is 12.3. The summed E-state index contributed by atoms with van der Waals surface area (Å²) in [5.41, 5.74) is 0. The predicted molar refractivity (Wildman–Crippen MR) is 78.4 cm³/mol. The second-order valence-electron chi connectivity index (χ2n) is 5.58. The molecule has 1 aliphatic rings. The van der Waals surface area contributed by atoms with Crippen molar-refractivity contribution < 1.29 is 14.7 Å². The number of rotatable bonds is 6. The lowest BCUT2D eigenvalue weighted by atomic mass is 9.94. The first-order valence-electron chi connectivity index (χ1n) is 7.05. The fourth-order valence-corrected chi connectivity index (χ4v) is 3.19. The van der Waals surface area contributed by atoms with Crippen molar-refractivity contribution in [1.82, 2.24) is 4.90 Å². The zero-order chi connectivity index (χ0) is 14.5. The van der Waals surface area contributed by atoms with Crippen LogP contribution in [0.3, 0.4) is 0 Å². The average molecular weight is 287 g/mol. The maximum atomic E-state index is 12.3. The SMILES string of the molecule is CCN(C(=O)CSC(C)(C)C(=O)O)C1CCCCC1. The van der Waals surface area contributed by atoms with Crippen LogP contribution in [0.1, 0.15) is 52.9 Å². The molecule has 0 aromatic heterocycles. The van der Waals surface area contributed by atoms with E-state index in [-0.39, 0.29) is 11.7 Å². The van der Waals surface area contributed by atoms with Gasteiger partial charge in [-0.25, -0.2) is 0 Å². The van der Waals surface area contributed by atoms with Gasteiger partial charge in [-0.1, -0.05) is 19.3 Å². The molecule has 0 aromatic carbocycles. The molecule has 0 unspecified atom stereocenters. The maximum Gasteiger partial charge on any atom is 0.319 e. The van der Waals surface area contributed by atoms with E-state index in [2.05, 4.69) is 0 Å². The summed E-state index contributed by atoms with van der Waals surface area (Å²) in [7, 11) is 0. The van der Waals surface area contributed by atoms with Crippen molar-refractivity contribution in [2.45, 2.75) is 63.7 Å². The minimum absolute atomic E-state index is 0.0775. The van der Waals surface area contributed by atoms with Crippen LogP contribution in [0.2, 0.25) is 0 Å². The monoisotopic (exact) mass is 287 g/mol. The summed E-state index contributed by atoms with van der Waals surface area (Å²) in [5, 5.41) is 9.05. The van der Waals surface area contributed by atoms with E-state index in [9.17, 15) is 9.59 Å². The highest BCUT2D eigenvalue weighted by molar-refractivity contribution is 8.01. The van der Waals surface area contributed by atoms with Crippen molar-refractivity contribution in [1.29, 1.82) is 0 Å². The fraction of sp³-hybridized carbons (Fsp3) is 0.857. The number of carboxylic acids is 1. The molecule has 1 fully saturated rings. The molecule has 0 saturated heterocycles. The van der Waals surface area contributed by atoms with E-state index in [1.165, 1.54) is 31.0 Å². The second-order valence-corrected chi connectivity index (χ2v) is 7.17. The van der Waals surface area contributed by atoms with E-state index >= 15 is 0 Å². The topological polar surface area (TPSA) is 57.6 Å². The smallest absolute Gasteiger partial charge is 0.319 e. The zero-order valence-corrected chi connectivity index (χ0v) is 13.0. The molecule has 1 saturated carbocycles. The molecule has 0 radical (unpaired) electrons. The van der Waals surface area contributed by atoms with Gasteiger partial charge in [0.2, 0.25) is 5.91 Å². The van der Waals surface area contributed by atoms with Gasteiger partial charge in [0.1, 0.15) is 4.75 Å². The third kappa shape index (κ3) is 4.71. The molecule has 0 spiro atoms. The molecule has 1 rings (SSSR count). The van der Waals surface area contributed by atoms with Gasteiger partial charge >= 0.3 is 5.97 Å². The molecule has 110 valence electrons. The third-order valence-corrected chi connectivity index (χ3v) is 5.04. The fourth-order valence-electron chi connectivity index (χ4n) is 2.42. The number of carboxylic acid groups (broad SMARTS) is 1. The third-order valence-electron chi connectivity index (χ3n) is 3.75. The van der Waals surface area contributed by atoms with Crippen LogP contribution < -0.4 is 0 Å². The van der Waals surface area contributed by atoms with E-state index in [1.807, 2.05) is 11.8 Å². The van der Waals surface area contributed by atoms with Crippen molar-refractivity contribution in [3.05, 3.63) is 0 Å². The summed E-state index contributed by atoms with van der Waals surface area (Å²) < 4.78 is -0.901. The first kappa shape index (κ1) is 16.3. The number of nitrogens with zero attached hydrogens (tertiary/aromatic N) is 1. The van der Waals surface area contributed by atoms with Crippen LogP contribution in [0.15, 0.2) is 0 Å². The average Bonchev–Trinajstić information content (AvgIpc) is 2.38. The van der Waals surface area contributed by atoms with Crippen molar-refractivity contribution in [2.75, 3.05) is 12.3 Å². The Hall–Kier alpha value is -0.710. The van der Waals surface area contributed by atoms with Crippen molar-refractivity contribution in [3.8, 4) is 0 Å². The van der Waals surface area contributed by atoms with Gasteiger partial charge in [-0.3, -0.25) is 9.59 Å². The van der Waals surface area contributed by atoms with Gasteiger partial charge in [0, 0.05) is 12.6 Å². The molecule has 0 bridgehead atoms. The van der Waals surface area contributed by atoms with E-state index in [4.69, 9.17) is 5.11 Å². The first-order chi connectivity index (χ1) is 8.88. The molecule has 5 heteroatoms. The Bertz CT molecular complexity index is 325. The Labute approximate surface area is 119 Å². The Morgan fingerprint density at radius 2 is 1.84 bits per heavy atom. The highest BCUT2D eigenvalue weighted by Crippen LogP contribution is 2.27. The number of amides is 1. The van der Waals surface area contributed by atoms with Crippen molar-refractivity contribution >= 4 is 23.6 Å². The Kier molecular flexibility index (Phi) is 6.17. The summed E-state index contributed by atoms with van der Waals surface area (Å²) in [5.74, 6) is -0.538. The lowest BCUT2D eigenvalue weighted by Crippen LogP contribution is -2.43. The van der Waals surface area contributed by atoms with Gasteiger partial charge in [-0.05, 0) is 33.6 Å². The Morgan fingerprint density at radius 3 is 2.32 bits per heavy atom. The first-order valence-corrected chi connectivity index (χ1v) is 8.04. The van der Waals surface area contributed by atoms with Gasteiger partial charge < -0.3 is 10.0 Å². The van der Waals surface area contributed by atoms with Gasteiger partial charge in [0.15, 0.2) is 0 Å². The molecule has 0 aromatic rings. The van der Waals surface area contributed by atoms with Crippen LogP contribution in [0, 0.1) is 0 Å². The summed E-state index contributed by atoms with van der Waals surface area (Å²) in [6.07, 6.45) is 5.84. The van der Waals surface area contributed by atoms with Crippen LogP contribution in [0.25, 0.3) is 0 Å². The van der Waals surface area contributed by atoms with Crippen LogP contribution in [-0.4, -0.2) is 45.0 Å². The minimum atomic E-state index is -0.901. The lowest BCUT2D eigenvalue weighted by Gasteiger charge is -2.34. The number of aliphatic carboxylic acids is 1. The highest BCUT2D eigenvalue weighted by atomic mass is 32.2. The molecular formula is C14H25NO3S. The van der Waals surface area contributed by atoms with E-state index in [0.717, 1.165) is 19.4 Å². The van der Waals surface area contributed by atoms with Gasteiger partial charge in [-0.2, -0.15) is 0 Å².